The average Bonchev–Trinajstić information content (AvgIpc) is 2.91. The topological polar surface area (TPSA) is 65.4 Å². The highest BCUT2D eigenvalue weighted by Gasteiger charge is 2.00. The Hall–Kier alpha value is -3.08. The average molecular weight is 320 g/mol. The quantitative estimate of drug-likeness (QED) is 0.731. The second kappa shape index (κ2) is 7.00. The molecule has 24 heavy (non-hydrogen) atoms. The van der Waals surface area contributed by atoms with E-state index < -0.39 is 0 Å². The number of imidazole rings is 1. The summed E-state index contributed by atoms with van der Waals surface area (Å²) in [4.78, 5) is 4.10. The van der Waals surface area contributed by atoms with Gasteiger partial charge in [0.15, 0.2) is 0 Å². The van der Waals surface area contributed by atoms with E-state index >= 15 is 0 Å². The van der Waals surface area contributed by atoms with E-state index in [2.05, 4.69) is 29.1 Å². The molecule has 3 aromatic rings. The van der Waals surface area contributed by atoms with E-state index in [-0.39, 0.29) is 0 Å². The Morgan fingerprint density at radius 2 is 1.88 bits per heavy atom. The summed E-state index contributed by atoms with van der Waals surface area (Å²) in [5, 5.41) is 4.30. The van der Waals surface area contributed by atoms with E-state index in [9.17, 15) is 0 Å². The first-order valence-corrected chi connectivity index (χ1v) is 7.75. The van der Waals surface area contributed by atoms with Gasteiger partial charge in [0, 0.05) is 0 Å². The number of hydrogen-bond donors (Lipinski definition) is 1. The molecule has 0 spiro atoms. The third-order valence-corrected chi connectivity index (χ3v) is 3.70. The molecule has 0 fully saturated rings. The number of aryl methyl sites for hydroxylation is 2. The van der Waals surface area contributed by atoms with Crippen molar-refractivity contribution in [3.63, 3.8) is 0 Å². The zero-order valence-electron chi connectivity index (χ0n) is 13.8. The highest BCUT2D eigenvalue weighted by Crippen LogP contribution is 2.15. The molecular formula is C19H20N4O. The molecule has 0 radical (unpaired) electrons. The smallest absolute Gasteiger partial charge is 0.221 e. The number of aromatic nitrogens is 2. The van der Waals surface area contributed by atoms with E-state index in [1.807, 2.05) is 43.3 Å². The maximum Gasteiger partial charge on any atom is 0.221 e. The Kier molecular flexibility index (Phi) is 4.61. The van der Waals surface area contributed by atoms with Crippen LogP contribution in [0.3, 0.4) is 0 Å². The Bertz CT molecular complexity index is 850. The van der Waals surface area contributed by atoms with Crippen LogP contribution in [0.15, 0.2) is 59.8 Å². The van der Waals surface area contributed by atoms with E-state index in [4.69, 9.17) is 10.5 Å². The maximum atomic E-state index is 5.83. The molecule has 5 heteroatoms. The van der Waals surface area contributed by atoms with Gasteiger partial charge in [0.05, 0.1) is 18.1 Å². The molecule has 5 nitrogen and oxygen atoms in total. The largest absolute Gasteiger partial charge is 0.489 e. The van der Waals surface area contributed by atoms with Crippen molar-refractivity contribution in [2.75, 3.05) is 5.73 Å². The van der Waals surface area contributed by atoms with E-state index in [0.717, 1.165) is 17.0 Å². The molecule has 0 amide bonds. The molecule has 122 valence electrons. The third-order valence-electron chi connectivity index (χ3n) is 3.70. The summed E-state index contributed by atoms with van der Waals surface area (Å²) >= 11 is 0. The molecule has 0 aliphatic heterocycles. The monoisotopic (exact) mass is 320 g/mol. The summed E-state index contributed by atoms with van der Waals surface area (Å²) in [5.41, 5.74) is 9.97. The van der Waals surface area contributed by atoms with Crippen LogP contribution in [0.1, 0.15) is 22.4 Å². The number of hydrogen-bond acceptors (Lipinski definition) is 4. The van der Waals surface area contributed by atoms with Crippen LogP contribution in [0.4, 0.5) is 5.95 Å². The van der Waals surface area contributed by atoms with Crippen LogP contribution in [0, 0.1) is 13.8 Å². The SMILES string of the molecule is Cc1cn(N=Cc2ccc(OCc3ccccc3C)cc2)c(N)n1. The van der Waals surface area contributed by atoms with Crippen LogP contribution in [0.25, 0.3) is 0 Å². The van der Waals surface area contributed by atoms with Crippen molar-refractivity contribution in [2.45, 2.75) is 20.5 Å². The van der Waals surface area contributed by atoms with Gasteiger partial charge < -0.3 is 10.5 Å². The zero-order chi connectivity index (χ0) is 16.9. The molecule has 0 aliphatic rings. The normalized spacial score (nSPS) is 11.1. The van der Waals surface area contributed by atoms with Crippen LogP contribution in [-0.4, -0.2) is 15.9 Å². The van der Waals surface area contributed by atoms with Crippen molar-refractivity contribution in [3.8, 4) is 5.75 Å². The van der Waals surface area contributed by atoms with E-state index in [1.165, 1.54) is 11.1 Å². The number of benzene rings is 2. The predicted octanol–water partition coefficient (Wildman–Crippen LogP) is 3.54. The maximum absolute atomic E-state index is 5.83. The number of nitrogens with zero attached hydrogens (tertiary/aromatic N) is 3. The van der Waals surface area contributed by atoms with Gasteiger partial charge in [-0.1, -0.05) is 24.3 Å². The second-order valence-corrected chi connectivity index (χ2v) is 5.61. The minimum absolute atomic E-state index is 0.377. The molecule has 0 saturated carbocycles. The van der Waals surface area contributed by atoms with Gasteiger partial charge in [-0.3, -0.25) is 0 Å². The Morgan fingerprint density at radius 3 is 2.54 bits per heavy atom. The van der Waals surface area contributed by atoms with Crippen LogP contribution in [0.5, 0.6) is 5.75 Å². The molecule has 3 rings (SSSR count). The molecule has 0 saturated heterocycles. The standard InChI is InChI=1S/C19H20N4O/c1-14-5-3-4-6-17(14)13-24-18-9-7-16(8-10-18)11-21-23-12-15(2)22-19(23)20/h3-12H,13H2,1-2H3,(H2,20,22). The lowest BCUT2D eigenvalue weighted by Crippen LogP contribution is -1.98. The molecule has 2 N–H and O–H groups in total. The number of ether oxygens (including phenoxy) is 1. The van der Waals surface area contributed by atoms with Gasteiger partial charge in [-0.05, 0) is 54.8 Å². The fraction of sp³-hybridized carbons (Fsp3) is 0.158. The Labute approximate surface area is 141 Å². The molecular weight excluding hydrogens is 300 g/mol. The summed E-state index contributed by atoms with van der Waals surface area (Å²) in [7, 11) is 0. The molecule has 0 unspecified atom stereocenters. The van der Waals surface area contributed by atoms with Crippen LogP contribution >= 0.6 is 0 Å². The first-order valence-electron chi connectivity index (χ1n) is 7.75. The first-order chi connectivity index (χ1) is 11.6. The van der Waals surface area contributed by atoms with Crippen molar-refractivity contribution >= 4 is 12.2 Å². The molecule has 0 bridgehead atoms. The summed E-state index contributed by atoms with van der Waals surface area (Å²) in [6, 6.07) is 16.0. The van der Waals surface area contributed by atoms with Crippen LogP contribution in [0.2, 0.25) is 0 Å². The highest BCUT2D eigenvalue weighted by molar-refractivity contribution is 5.79. The van der Waals surface area contributed by atoms with Crippen molar-refractivity contribution in [1.82, 2.24) is 9.66 Å². The number of rotatable bonds is 5. The van der Waals surface area contributed by atoms with Crippen LogP contribution in [-0.2, 0) is 6.61 Å². The molecule has 1 heterocycles. The van der Waals surface area contributed by atoms with Crippen molar-refractivity contribution < 1.29 is 4.74 Å². The van der Waals surface area contributed by atoms with Gasteiger partial charge in [-0.15, -0.1) is 0 Å². The number of nitrogen functional groups attached to an aromatic ring is 1. The van der Waals surface area contributed by atoms with Crippen molar-refractivity contribution in [1.29, 1.82) is 0 Å². The summed E-state index contributed by atoms with van der Waals surface area (Å²) in [6.45, 7) is 4.52. The molecule has 2 aromatic carbocycles. The van der Waals surface area contributed by atoms with E-state index in [0.29, 0.717) is 12.6 Å². The van der Waals surface area contributed by atoms with Gasteiger partial charge >= 0.3 is 0 Å². The third kappa shape index (κ3) is 3.81. The van der Waals surface area contributed by atoms with Crippen molar-refractivity contribution in [2.24, 2.45) is 5.10 Å². The minimum atomic E-state index is 0.377. The summed E-state index contributed by atoms with van der Waals surface area (Å²) in [6.07, 6.45) is 3.52. The fourth-order valence-corrected chi connectivity index (χ4v) is 2.31. The fourth-order valence-electron chi connectivity index (χ4n) is 2.31. The molecule has 0 aliphatic carbocycles. The predicted molar refractivity (Wildman–Crippen MR) is 96.3 cm³/mol. The zero-order valence-corrected chi connectivity index (χ0v) is 13.8. The summed E-state index contributed by atoms with van der Waals surface area (Å²) in [5.74, 6) is 1.20. The van der Waals surface area contributed by atoms with Gasteiger partial charge in [0.2, 0.25) is 5.95 Å². The molecule has 1 aromatic heterocycles. The Balaban J connectivity index is 1.63. The van der Waals surface area contributed by atoms with E-state index in [1.54, 1.807) is 17.1 Å². The van der Waals surface area contributed by atoms with Gasteiger partial charge in [-0.2, -0.15) is 5.10 Å². The number of anilines is 1. The number of nitrogens with two attached hydrogens (primary N) is 1. The molecule has 0 atom stereocenters. The highest BCUT2D eigenvalue weighted by atomic mass is 16.5. The van der Waals surface area contributed by atoms with Crippen LogP contribution < -0.4 is 10.5 Å². The van der Waals surface area contributed by atoms with Gasteiger partial charge in [0.25, 0.3) is 0 Å². The van der Waals surface area contributed by atoms with Gasteiger partial charge in [0.1, 0.15) is 12.4 Å². The second-order valence-electron chi connectivity index (χ2n) is 5.61. The lowest BCUT2D eigenvalue weighted by molar-refractivity contribution is 0.305. The van der Waals surface area contributed by atoms with Gasteiger partial charge in [-0.25, -0.2) is 9.66 Å². The van der Waals surface area contributed by atoms with Crippen molar-refractivity contribution in [3.05, 3.63) is 77.1 Å². The summed E-state index contributed by atoms with van der Waals surface area (Å²) < 4.78 is 7.39. The lowest BCUT2D eigenvalue weighted by Gasteiger charge is -2.08. The minimum Gasteiger partial charge on any atom is -0.489 e. The Morgan fingerprint density at radius 1 is 1.12 bits per heavy atom. The first kappa shape index (κ1) is 15.8. The lowest BCUT2D eigenvalue weighted by atomic mass is 10.1.